The first-order valence-electron chi connectivity index (χ1n) is 16.3. The van der Waals surface area contributed by atoms with Crippen LogP contribution in [0.2, 0.25) is 0 Å². The minimum Gasteiger partial charge on any atom is -0.309 e. The number of hydrogen-bond donors (Lipinski definition) is 0. The van der Waals surface area contributed by atoms with Crippen molar-refractivity contribution in [1.29, 1.82) is 0 Å². The molecule has 1 aliphatic carbocycles. The van der Waals surface area contributed by atoms with Gasteiger partial charge in [-0.25, -0.2) is 4.98 Å². The molecule has 0 saturated heterocycles. The first-order valence-corrected chi connectivity index (χ1v) is 16.3. The van der Waals surface area contributed by atoms with Crippen molar-refractivity contribution in [2.75, 3.05) is 0 Å². The second kappa shape index (κ2) is 9.50. The third kappa shape index (κ3) is 3.38. The van der Waals surface area contributed by atoms with Gasteiger partial charge in [-0.3, -0.25) is 9.55 Å². The molecule has 0 atom stereocenters. The number of nitrogens with zero attached hydrogens (tertiary/aromatic N) is 4. The number of pyridine rings is 2. The zero-order valence-corrected chi connectivity index (χ0v) is 25.8. The van der Waals surface area contributed by atoms with Crippen LogP contribution in [0.3, 0.4) is 0 Å². The Balaban J connectivity index is 1.14. The van der Waals surface area contributed by atoms with Gasteiger partial charge in [0.2, 0.25) is 0 Å². The molecule has 4 nitrogen and oxygen atoms in total. The van der Waals surface area contributed by atoms with E-state index in [1.165, 1.54) is 60.2 Å². The van der Waals surface area contributed by atoms with Gasteiger partial charge in [-0.1, -0.05) is 91.0 Å². The van der Waals surface area contributed by atoms with Crippen molar-refractivity contribution in [2.45, 2.75) is 0 Å². The van der Waals surface area contributed by atoms with E-state index in [9.17, 15) is 0 Å². The van der Waals surface area contributed by atoms with E-state index in [4.69, 9.17) is 4.98 Å². The molecule has 0 radical (unpaired) electrons. The molecule has 48 heavy (non-hydrogen) atoms. The SMILES string of the molecule is c1ccc(-n2c3ccccc3c3ccc(-c4ccc5c(c4)c4ccccc4n5-c4ncc5c6c(cccc46)-c4ccncc4-5)cc32)cc1. The van der Waals surface area contributed by atoms with Gasteiger partial charge in [-0.2, -0.15) is 0 Å². The molecule has 10 aromatic rings. The number of fused-ring (bicyclic) bond motifs is 9. The molecule has 4 heterocycles. The molecule has 0 N–H and O–H groups in total. The predicted octanol–water partition coefficient (Wildman–Crippen LogP) is 11.1. The Hall–Kier alpha value is -6.52. The van der Waals surface area contributed by atoms with Gasteiger partial charge in [0.15, 0.2) is 0 Å². The third-order valence-corrected chi connectivity index (χ3v) is 10.2. The zero-order chi connectivity index (χ0) is 31.3. The standard InChI is InChI=1S/C44H26N4/c1-2-9-29(10-3-1)47-39-15-6-4-11-31(39)33-19-17-28(24-42(33)47)27-18-20-41-36(23-27)32-12-5-7-16-40(32)48(41)44-35-14-8-13-34-30-21-22-45-25-37(30)38(26-46-44)43(34)35/h1-26H. The van der Waals surface area contributed by atoms with Crippen LogP contribution < -0.4 is 0 Å². The monoisotopic (exact) mass is 610 g/mol. The van der Waals surface area contributed by atoms with Gasteiger partial charge in [0, 0.05) is 67.7 Å². The van der Waals surface area contributed by atoms with Crippen LogP contribution >= 0.6 is 0 Å². The van der Waals surface area contributed by atoms with Gasteiger partial charge >= 0.3 is 0 Å². The molecule has 0 fully saturated rings. The van der Waals surface area contributed by atoms with Gasteiger partial charge in [0.05, 0.1) is 22.1 Å². The van der Waals surface area contributed by atoms with E-state index in [-0.39, 0.29) is 0 Å². The highest BCUT2D eigenvalue weighted by atomic mass is 15.1. The number of rotatable bonds is 3. The van der Waals surface area contributed by atoms with E-state index in [1.807, 2.05) is 18.6 Å². The summed E-state index contributed by atoms with van der Waals surface area (Å²) in [4.78, 5) is 9.59. The summed E-state index contributed by atoms with van der Waals surface area (Å²) in [5.74, 6) is 0.948. The summed E-state index contributed by atoms with van der Waals surface area (Å²) in [5, 5.41) is 7.34. The minimum atomic E-state index is 0.948. The lowest BCUT2D eigenvalue weighted by atomic mass is 10.0. The number of benzene rings is 6. The first-order chi connectivity index (χ1) is 23.8. The fourth-order valence-corrected chi connectivity index (χ4v) is 8.13. The molecule has 6 aromatic carbocycles. The fraction of sp³-hybridized carbons (Fsp3) is 0. The highest BCUT2D eigenvalue weighted by molar-refractivity contribution is 6.18. The largest absolute Gasteiger partial charge is 0.309 e. The summed E-state index contributed by atoms with van der Waals surface area (Å²) < 4.78 is 4.73. The normalized spacial score (nSPS) is 12.2. The maximum absolute atomic E-state index is 5.16. The van der Waals surface area contributed by atoms with E-state index in [1.54, 1.807) is 0 Å². The number of hydrogen-bond acceptors (Lipinski definition) is 2. The summed E-state index contributed by atoms with van der Waals surface area (Å²) in [5.41, 5.74) is 13.0. The molecule has 1 aliphatic rings. The third-order valence-electron chi connectivity index (χ3n) is 10.2. The number of aromatic nitrogens is 4. The highest BCUT2D eigenvalue weighted by Gasteiger charge is 2.25. The lowest BCUT2D eigenvalue weighted by Gasteiger charge is -2.12. The smallest absolute Gasteiger partial charge is 0.145 e. The van der Waals surface area contributed by atoms with Crippen molar-refractivity contribution in [2.24, 2.45) is 0 Å². The Bertz CT molecular complexity index is 2920. The number of para-hydroxylation sites is 3. The van der Waals surface area contributed by atoms with Crippen LogP contribution in [0.1, 0.15) is 0 Å². The molecule has 222 valence electrons. The van der Waals surface area contributed by atoms with E-state index >= 15 is 0 Å². The maximum Gasteiger partial charge on any atom is 0.145 e. The lowest BCUT2D eigenvalue weighted by molar-refractivity contribution is 1.10. The van der Waals surface area contributed by atoms with E-state index < -0.39 is 0 Å². The Morgan fingerprint density at radius 2 is 1.08 bits per heavy atom. The molecular formula is C44H26N4. The Kier molecular flexibility index (Phi) is 5.08. The van der Waals surface area contributed by atoms with Crippen LogP contribution in [-0.4, -0.2) is 19.1 Å². The molecular weight excluding hydrogens is 585 g/mol. The highest BCUT2D eigenvalue weighted by Crippen LogP contribution is 2.48. The van der Waals surface area contributed by atoms with Crippen LogP contribution in [0.5, 0.6) is 0 Å². The Morgan fingerprint density at radius 3 is 1.96 bits per heavy atom. The second-order valence-electron chi connectivity index (χ2n) is 12.6. The summed E-state index contributed by atoms with van der Waals surface area (Å²) >= 11 is 0. The fourth-order valence-electron chi connectivity index (χ4n) is 8.13. The van der Waals surface area contributed by atoms with Crippen molar-refractivity contribution >= 4 is 54.4 Å². The molecule has 0 bridgehead atoms. The average Bonchev–Trinajstić information content (AvgIpc) is 3.78. The quantitative estimate of drug-likeness (QED) is 0.199. The van der Waals surface area contributed by atoms with Gasteiger partial charge in [-0.15, -0.1) is 0 Å². The minimum absolute atomic E-state index is 0.948. The molecule has 0 amide bonds. The topological polar surface area (TPSA) is 35.6 Å². The van der Waals surface area contributed by atoms with Crippen molar-refractivity contribution < 1.29 is 0 Å². The van der Waals surface area contributed by atoms with Gasteiger partial charge < -0.3 is 4.57 Å². The van der Waals surface area contributed by atoms with Crippen LogP contribution in [0, 0.1) is 0 Å². The lowest BCUT2D eigenvalue weighted by Crippen LogP contribution is -1.99. The van der Waals surface area contributed by atoms with Gasteiger partial charge in [0.25, 0.3) is 0 Å². The van der Waals surface area contributed by atoms with Gasteiger partial charge in [-0.05, 0) is 70.8 Å². The van der Waals surface area contributed by atoms with Crippen LogP contribution in [0.25, 0.3) is 99.3 Å². The van der Waals surface area contributed by atoms with Crippen LogP contribution in [0.15, 0.2) is 158 Å². The van der Waals surface area contributed by atoms with Crippen LogP contribution in [0.4, 0.5) is 0 Å². The van der Waals surface area contributed by atoms with E-state index in [0.717, 1.165) is 39.1 Å². The van der Waals surface area contributed by atoms with Crippen molar-refractivity contribution in [3.63, 3.8) is 0 Å². The van der Waals surface area contributed by atoms with Crippen molar-refractivity contribution in [3.05, 3.63) is 158 Å². The maximum atomic E-state index is 5.16. The first kappa shape index (κ1) is 25.6. The Morgan fingerprint density at radius 1 is 0.396 bits per heavy atom. The van der Waals surface area contributed by atoms with Crippen LogP contribution in [-0.2, 0) is 0 Å². The average molecular weight is 611 g/mol. The summed E-state index contributed by atoms with van der Waals surface area (Å²) in [6.45, 7) is 0. The van der Waals surface area contributed by atoms with Gasteiger partial charge in [0.1, 0.15) is 5.82 Å². The van der Waals surface area contributed by atoms with E-state index in [0.29, 0.717) is 0 Å². The predicted molar refractivity (Wildman–Crippen MR) is 198 cm³/mol. The summed E-state index contributed by atoms with van der Waals surface area (Å²) in [6, 6.07) is 50.5. The molecule has 11 rings (SSSR count). The van der Waals surface area contributed by atoms with E-state index in [2.05, 4.69) is 154 Å². The zero-order valence-electron chi connectivity index (χ0n) is 25.8. The van der Waals surface area contributed by atoms with Crippen molar-refractivity contribution in [3.8, 4) is 44.9 Å². The molecule has 4 aromatic heterocycles. The summed E-state index contributed by atoms with van der Waals surface area (Å²) in [7, 11) is 0. The molecule has 0 unspecified atom stereocenters. The molecule has 0 spiro atoms. The molecule has 0 saturated carbocycles. The molecule has 0 aliphatic heterocycles. The van der Waals surface area contributed by atoms with Crippen molar-refractivity contribution in [1.82, 2.24) is 19.1 Å². The Labute approximate surface area is 275 Å². The second-order valence-corrected chi connectivity index (χ2v) is 12.6. The summed E-state index contributed by atoms with van der Waals surface area (Å²) in [6.07, 6.45) is 5.87. The molecule has 4 heteroatoms.